The Morgan fingerprint density at radius 1 is 1.07 bits per heavy atom. The zero-order valence-electron chi connectivity index (χ0n) is 29.8. The molecule has 2 unspecified atom stereocenters. The molecule has 0 radical (unpaired) electrons. The SMILES string of the molecule is CC(C)(COP(=O)(O)OP(=O)(O)OC[C@H]1O[C@@H](n2cnc3c(N)ncnc32)[C@H](O)[C@@H]1OP(=O)(O)O)[C@@H](O)C(=O)NCCC(=O)NCCSC(=O)c1cccc(F)c1. The first-order valence-corrected chi connectivity index (χ1v) is 21.8. The van der Waals surface area contributed by atoms with Gasteiger partial charge in [-0.2, -0.15) is 4.31 Å². The maximum Gasteiger partial charge on any atom is 0.481 e. The molecule has 7 atom stereocenters. The molecule has 3 aromatic rings. The van der Waals surface area contributed by atoms with Gasteiger partial charge in [0.25, 0.3) is 0 Å². The number of benzene rings is 1. The molecule has 0 aliphatic carbocycles. The van der Waals surface area contributed by atoms with Crippen LogP contribution in [0.5, 0.6) is 0 Å². The summed E-state index contributed by atoms with van der Waals surface area (Å²) in [4.78, 5) is 87.7. The summed E-state index contributed by atoms with van der Waals surface area (Å²) in [5.41, 5.74) is 4.38. The van der Waals surface area contributed by atoms with Crippen molar-refractivity contribution in [3.8, 4) is 0 Å². The molecule has 1 saturated heterocycles. The van der Waals surface area contributed by atoms with Crippen molar-refractivity contribution < 1.29 is 84.9 Å². The lowest BCUT2D eigenvalue weighted by molar-refractivity contribution is -0.137. The van der Waals surface area contributed by atoms with E-state index in [9.17, 15) is 62.3 Å². The van der Waals surface area contributed by atoms with Crippen molar-refractivity contribution in [2.24, 2.45) is 5.41 Å². The van der Waals surface area contributed by atoms with E-state index in [1.165, 1.54) is 32.0 Å². The molecule has 1 fully saturated rings. The third-order valence-electron chi connectivity index (χ3n) is 7.80. The van der Waals surface area contributed by atoms with Gasteiger partial charge in [0.2, 0.25) is 16.9 Å². The van der Waals surface area contributed by atoms with Gasteiger partial charge in [-0.15, -0.1) is 0 Å². The second-order valence-corrected chi connectivity index (χ2v) is 18.0. The molecule has 0 bridgehead atoms. The smallest absolute Gasteiger partial charge is 0.386 e. The number of imidazole rings is 1. The Bertz CT molecular complexity index is 2080. The molecule has 316 valence electrons. The number of aromatic nitrogens is 4. The van der Waals surface area contributed by atoms with Gasteiger partial charge >= 0.3 is 23.5 Å². The highest BCUT2D eigenvalue weighted by Gasteiger charge is 2.50. The number of rotatable bonds is 20. The number of hydrogen-bond donors (Lipinski definition) is 9. The van der Waals surface area contributed by atoms with Crippen LogP contribution >= 0.6 is 35.2 Å². The van der Waals surface area contributed by atoms with E-state index in [2.05, 4.69) is 34.4 Å². The Morgan fingerprint density at radius 3 is 2.46 bits per heavy atom. The van der Waals surface area contributed by atoms with Gasteiger partial charge < -0.3 is 50.9 Å². The van der Waals surface area contributed by atoms with E-state index in [4.69, 9.17) is 19.5 Å². The van der Waals surface area contributed by atoms with Gasteiger partial charge in [0.05, 0.1) is 19.5 Å². The maximum absolute atomic E-state index is 13.3. The highest BCUT2D eigenvalue weighted by Crippen LogP contribution is 2.61. The highest BCUT2D eigenvalue weighted by molar-refractivity contribution is 8.14. The van der Waals surface area contributed by atoms with Gasteiger partial charge in [-0.1, -0.05) is 37.7 Å². The normalized spacial score (nSPS) is 21.4. The minimum absolute atomic E-state index is 0.0216. The third-order valence-corrected chi connectivity index (χ3v) is 11.8. The number of nitrogens with two attached hydrogens (primary N) is 1. The van der Waals surface area contributed by atoms with Crippen molar-refractivity contribution in [3.05, 3.63) is 48.3 Å². The number of halogens is 1. The molecule has 57 heavy (non-hydrogen) atoms. The number of aliphatic hydroxyl groups excluding tert-OH is 2. The number of ether oxygens (including phenoxy) is 1. The number of anilines is 1. The van der Waals surface area contributed by atoms with Crippen molar-refractivity contribution in [2.75, 3.05) is 37.8 Å². The molecule has 0 saturated carbocycles. The summed E-state index contributed by atoms with van der Waals surface area (Å²) in [6.07, 6.45) is -7.07. The van der Waals surface area contributed by atoms with Crippen LogP contribution in [0, 0.1) is 11.2 Å². The van der Waals surface area contributed by atoms with E-state index in [1.807, 2.05) is 0 Å². The van der Waals surface area contributed by atoms with Gasteiger partial charge in [-0.25, -0.2) is 33.0 Å². The number of fused-ring (bicyclic) bond motifs is 1. The molecular formula is C28H39FN7O17P3S. The summed E-state index contributed by atoms with van der Waals surface area (Å²) in [6.45, 7) is 0.239. The number of aliphatic hydroxyl groups is 2. The van der Waals surface area contributed by atoms with E-state index in [0.717, 1.165) is 35.0 Å². The number of amides is 2. The van der Waals surface area contributed by atoms with Crippen molar-refractivity contribution in [1.82, 2.24) is 30.2 Å². The lowest BCUT2D eigenvalue weighted by Gasteiger charge is -2.30. The number of nitrogens with one attached hydrogen (secondary N) is 2. The van der Waals surface area contributed by atoms with Crippen molar-refractivity contribution >= 4 is 69.1 Å². The van der Waals surface area contributed by atoms with Gasteiger partial charge in [0.1, 0.15) is 42.1 Å². The molecule has 3 heterocycles. The van der Waals surface area contributed by atoms with Crippen molar-refractivity contribution in [3.63, 3.8) is 0 Å². The number of phosphoric ester groups is 3. The maximum atomic E-state index is 13.3. The average Bonchev–Trinajstić information content (AvgIpc) is 3.68. The first-order valence-electron chi connectivity index (χ1n) is 16.3. The van der Waals surface area contributed by atoms with Gasteiger partial charge in [0, 0.05) is 36.2 Å². The Labute approximate surface area is 326 Å². The molecular weight excluding hydrogens is 850 g/mol. The number of nitrogen functional groups attached to an aromatic ring is 1. The second-order valence-electron chi connectivity index (χ2n) is 12.7. The molecule has 1 aromatic carbocycles. The summed E-state index contributed by atoms with van der Waals surface area (Å²) < 4.78 is 75.3. The van der Waals surface area contributed by atoms with E-state index >= 15 is 0 Å². The molecule has 1 aliphatic heterocycles. The van der Waals surface area contributed by atoms with E-state index in [-0.39, 0.29) is 52.9 Å². The van der Waals surface area contributed by atoms with Crippen molar-refractivity contribution in [2.45, 2.75) is 50.9 Å². The van der Waals surface area contributed by atoms with Gasteiger partial charge in [-0.05, 0) is 12.1 Å². The number of thioether (sulfide) groups is 1. The minimum atomic E-state index is -5.59. The van der Waals surface area contributed by atoms with E-state index in [1.54, 1.807) is 0 Å². The molecule has 1 aliphatic rings. The van der Waals surface area contributed by atoms with Gasteiger partial charge in [0.15, 0.2) is 17.7 Å². The quantitative estimate of drug-likeness (QED) is 0.0537. The lowest BCUT2D eigenvalue weighted by atomic mass is 9.87. The molecule has 4 rings (SSSR count). The second kappa shape index (κ2) is 19.2. The molecule has 2 amide bonds. The Morgan fingerprint density at radius 2 is 1.77 bits per heavy atom. The molecule has 2 aromatic heterocycles. The van der Waals surface area contributed by atoms with Crippen molar-refractivity contribution in [1.29, 1.82) is 0 Å². The van der Waals surface area contributed by atoms with E-state index in [0.29, 0.717) is 0 Å². The molecule has 24 nitrogen and oxygen atoms in total. The van der Waals surface area contributed by atoms with E-state index < -0.39 is 90.4 Å². The van der Waals surface area contributed by atoms with Crippen LogP contribution in [0.15, 0.2) is 36.9 Å². The number of nitrogens with zero attached hydrogens (tertiary/aromatic N) is 4. The largest absolute Gasteiger partial charge is 0.481 e. The number of hydrogen-bond acceptors (Lipinski definition) is 18. The van der Waals surface area contributed by atoms with Crippen LogP contribution in [0.4, 0.5) is 10.2 Å². The summed E-state index contributed by atoms with van der Waals surface area (Å²) in [5.74, 6) is -1.95. The summed E-state index contributed by atoms with van der Waals surface area (Å²) >= 11 is 0.865. The fourth-order valence-electron chi connectivity index (χ4n) is 4.97. The lowest BCUT2D eigenvalue weighted by Crippen LogP contribution is -2.46. The van der Waals surface area contributed by atoms with Crippen LogP contribution < -0.4 is 16.4 Å². The van der Waals surface area contributed by atoms with Crippen LogP contribution in [0.25, 0.3) is 11.2 Å². The minimum Gasteiger partial charge on any atom is -0.386 e. The predicted molar refractivity (Wildman–Crippen MR) is 193 cm³/mol. The Kier molecular flexibility index (Phi) is 15.6. The molecule has 29 heteroatoms. The van der Waals surface area contributed by atoms with Crippen LogP contribution in [0.2, 0.25) is 0 Å². The zero-order valence-corrected chi connectivity index (χ0v) is 33.3. The summed E-state index contributed by atoms with van der Waals surface area (Å²) in [6, 6.07) is 5.13. The molecule has 0 spiro atoms. The Hall–Kier alpha value is -3.29. The third kappa shape index (κ3) is 13.4. The first-order chi connectivity index (χ1) is 26.5. The first kappa shape index (κ1) is 46.4. The monoisotopic (exact) mass is 889 g/mol. The topological polar surface area (TPSA) is 364 Å². The predicted octanol–water partition coefficient (Wildman–Crippen LogP) is 0.118. The highest BCUT2D eigenvalue weighted by atomic mass is 32.2. The van der Waals surface area contributed by atoms with Crippen LogP contribution in [0.3, 0.4) is 0 Å². The fraction of sp³-hybridized carbons (Fsp3) is 0.500. The summed E-state index contributed by atoms with van der Waals surface area (Å²) in [7, 11) is -16.4. The van der Waals surface area contributed by atoms with Gasteiger partial charge in [-0.3, -0.25) is 32.5 Å². The van der Waals surface area contributed by atoms with Crippen LogP contribution in [0.1, 0.15) is 36.9 Å². The standard InChI is InChI=1S/C28H39FN7O17P3S/c1-28(2,22(39)25(40)32-7-6-18(37)31-8-9-57-27(41)15-4-3-5-16(29)10-15)12-50-56(47,48)53-55(45,46)49-11-17-21(52-54(42,43)44)20(38)26(51-17)36-14-35-19-23(30)33-13-34-24(19)36/h3-5,10,13-14,17,20-22,26,38-39H,6-9,11-12H2,1-2H3,(H,31,37)(H,32,40)(H,45,46)(H,47,48)(H2,30,33,34)(H2,42,43,44)/t17-,20-,21-,22+,26-/m1/s1. The fourth-order valence-corrected chi connectivity index (χ4v) is 8.48. The van der Waals surface area contributed by atoms with Crippen LogP contribution in [-0.2, 0) is 45.9 Å². The van der Waals surface area contributed by atoms with Crippen LogP contribution in [-0.4, -0.2) is 123 Å². The average molecular weight is 890 g/mol. The Balaban J connectivity index is 1.23. The summed E-state index contributed by atoms with van der Waals surface area (Å²) in [5, 5.41) is 25.9. The zero-order chi connectivity index (χ0) is 42.3. The molecule has 10 N–H and O–H groups in total. The number of carbonyl (C=O) groups excluding carboxylic acids is 3. The number of carbonyl (C=O) groups is 3. The number of phosphoric acid groups is 3.